The maximum atomic E-state index is 11.6. The number of aromatic nitrogens is 2. The van der Waals surface area contributed by atoms with E-state index in [0.29, 0.717) is 6.04 Å². The molecule has 5 nitrogen and oxygen atoms in total. The van der Waals surface area contributed by atoms with Crippen molar-refractivity contribution in [1.82, 2.24) is 9.78 Å². The fraction of sp³-hybridized carbons (Fsp3) is 0.579. The van der Waals surface area contributed by atoms with Crippen LogP contribution in [0.2, 0.25) is 0 Å². The average Bonchev–Trinajstić information content (AvgIpc) is 3.36. The number of esters is 1. The van der Waals surface area contributed by atoms with E-state index in [-0.39, 0.29) is 11.9 Å². The van der Waals surface area contributed by atoms with Crippen molar-refractivity contribution in [2.75, 3.05) is 13.7 Å². The van der Waals surface area contributed by atoms with Crippen molar-refractivity contribution in [3.63, 3.8) is 0 Å². The van der Waals surface area contributed by atoms with Gasteiger partial charge >= 0.3 is 5.97 Å². The Labute approximate surface area is 141 Å². The van der Waals surface area contributed by atoms with Gasteiger partial charge in [0.05, 0.1) is 31.2 Å². The molecule has 1 heterocycles. The predicted molar refractivity (Wildman–Crippen MR) is 91.0 cm³/mol. The fourth-order valence-electron chi connectivity index (χ4n) is 3.53. The molecule has 0 unspecified atom stereocenters. The highest BCUT2D eigenvalue weighted by molar-refractivity contribution is 5.79. The van der Waals surface area contributed by atoms with Crippen LogP contribution in [-0.2, 0) is 9.53 Å². The molecule has 0 radical (unpaired) electrons. The lowest BCUT2D eigenvalue weighted by molar-refractivity contribution is -0.146. The van der Waals surface area contributed by atoms with Crippen molar-refractivity contribution in [3.8, 4) is 5.75 Å². The van der Waals surface area contributed by atoms with E-state index in [4.69, 9.17) is 14.6 Å². The fourth-order valence-corrected chi connectivity index (χ4v) is 3.53. The number of carbonyl (C=O) groups excluding carboxylic acids is 1. The summed E-state index contributed by atoms with van der Waals surface area (Å²) in [5.41, 5.74) is 0.985. The highest BCUT2D eigenvalue weighted by Crippen LogP contribution is 2.34. The maximum absolute atomic E-state index is 11.6. The van der Waals surface area contributed by atoms with Gasteiger partial charge in [0, 0.05) is 17.6 Å². The van der Waals surface area contributed by atoms with Crippen LogP contribution >= 0.6 is 0 Å². The van der Waals surface area contributed by atoms with Crippen LogP contribution in [0.5, 0.6) is 5.75 Å². The Bertz CT molecular complexity index is 727. The van der Waals surface area contributed by atoms with E-state index in [1.54, 1.807) is 0 Å². The highest BCUT2D eigenvalue weighted by Gasteiger charge is 2.28. The van der Waals surface area contributed by atoms with Crippen LogP contribution in [0.3, 0.4) is 0 Å². The van der Waals surface area contributed by atoms with Crippen LogP contribution in [0.4, 0.5) is 0 Å². The Morgan fingerprint density at radius 1 is 1.21 bits per heavy atom. The summed E-state index contributed by atoms with van der Waals surface area (Å²) in [6.45, 7) is 0.823. The second-order valence-corrected chi connectivity index (χ2v) is 7.11. The first-order valence-electron chi connectivity index (χ1n) is 8.92. The minimum Gasteiger partial charge on any atom is -0.493 e. The molecule has 2 aromatic rings. The summed E-state index contributed by atoms with van der Waals surface area (Å²) in [5, 5.41) is 5.89. The monoisotopic (exact) mass is 328 g/mol. The van der Waals surface area contributed by atoms with Crippen molar-refractivity contribution in [2.45, 2.75) is 44.6 Å². The zero-order valence-corrected chi connectivity index (χ0v) is 14.1. The molecule has 0 N–H and O–H groups in total. The predicted octanol–water partition coefficient (Wildman–Crippen LogP) is 3.73. The zero-order valence-electron chi connectivity index (χ0n) is 14.1. The molecule has 2 aliphatic carbocycles. The molecule has 0 bridgehead atoms. The van der Waals surface area contributed by atoms with Gasteiger partial charge in [0.1, 0.15) is 5.75 Å². The Morgan fingerprint density at radius 3 is 2.71 bits per heavy atom. The number of nitrogens with zero attached hydrogens (tertiary/aromatic N) is 2. The summed E-state index contributed by atoms with van der Waals surface area (Å²) >= 11 is 0. The Morgan fingerprint density at radius 2 is 2.00 bits per heavy atom. The summed E-state index contributed by atoms with van der Waals surface area (Å²) in [7, 11) is 1.47. The average molecular weight is 328 g/mol. The summed E-state index contributed by atoms with van der Waals surface area (Å²) in [6, 6.07) is 6.52. The van der Waals surface area contributed by atoms with E-state index < -0.39 is 0 Å². The second kappa shape index (κ2) is 6.46. The largest absolute Gasteiger partial charge is 0.493 e. The summed E-state index contributed by atoms with van der Waals surface area (Å²) in [6.07, 6.45) is 8.41. The first-order chi connectivity index (χ1) is 11.7. The molecule has 0 atom stereocenters. The van der Waals surface area contributed by atoms with Crippen molar-refractivity contribution in [3.05, 3.63) is 24.4 Å². The quantitative estimate of drug-likeness (QED) is 0.785. The van der Waals surface area contributed by atoms with Crippen LogP contribution in [0.25, 0.3) is 10.9 Å². The number of hydrogen-bond acceptors (Lipinski definition) is 4. The first kappa shape index (κ1) is 15.5. The maximum Gasteiger partial charge on any atom is 0.308 e. The van der Waals surface area contributed by atoms with Gasteiger partial charge in [-0.15, -0.1) is 0 Å². The molecule has 1 aromatic heterocycles. The van der Waals surface area contributed by atoms with Gasteiger partial charge in [-0.25, -0.2) is 0 Å². The van der Waals surface area contributed by atoms with Gasteiger partial charge in [0.2, 0.25) is 0 Å². The number of rotatable bonds is 5. The Kier molecular flexibility index (Phi) is 4.17. The SMILES string of the molecule is COC(=O)[C@H]1CC[C@H](n2cc3ccc(OCC4CC4)cc3n2)CC1. The van der Waals surface area contributed by atoms with Gasteiger partial charge in [-0.05, 0) is 56.6 Å². The summed E-state index contributed by atoms with van der Waals surface area (Å²) in [4.78, 5) is 11.6. The molecule has 128 valence electrons. The summed E-state index contributed by atoms with van der Waals surface area (Å²) in [5.74, 6) is 1.65. The molecule has 0 amide bonds. The molecule has 0 saturated heterocycles. The van der Waals surface area contributed by atoms with Gasteiger partial charge in [-0.2, -0.15) is 5.10 Å². The van der Waals surface area contributed by atoms with Gasteiger partial charge < -0.3 is 9.47 Å². The molecule has 0 aliphatic heterocycles. The molecule has 24 heavy (non-hydrogen) atoms. The van der Waals surface area contributed by atoms with Crippen LogP contribution in [-0.4, -0.2) is 29.5 Å². The van der Waals surface area contributed by atoms with E-state index in [2.05, 4.69) is 16.9 Å². The van der Waals surface area contributed by atoms with Crippen molar-refractivity contribution >= 4 is 16.9 Å². The standard InChI is InChI=1S/C19H24N2O3/c1-23-19(22)14-4-7-16(8-5-14)21-11-15-6-9-17(10-18(15)20-21)24-12-13-2-3-13/h6,9-11,13-14,16H,2-5,7-8,12H2,1H3/t14-,16-. The number of ether oxygens (including phenoxy) is 2. The molecule has 2 saturated carbocycles. The van der Waals surface area contributed by atoms with Gasteiger partial charge in [-0.3, -0.25) is 9.48 Å². The van der Waals surface area contributed by atoms with Crippen molar-refractivity contribution < 1.29 is 14.3 Å². The number of fused-ring (bicyclic) bond motifs is 1. The molecular formula is C19H24N2O3. The van der Waals surface area contributed by atoms with E-state index in [1.807, 2.05) is 12.1 Å². The molecule has 2 fully saturated rings. The Hall–Kier alpha value is -2.04. The van der Waals surface area contributed by atoms with Crippen LogP contribution < -0.4 is 4.74 Å². The molecule has 5 heteroatoms. The molecule has 4 rings (SSSR count). The normalized spacial score (nSPS) is 24.0. The number of benzene rings is 1. The third kappa shape index (κ3) is 3.25. The number of carbonyl (C=O) groups is 1. The highest BCUT2D eigenvalue weighted by atomic mass is 16.5. The molecule has 1 aromatic carbocycles. The number of methoxy groups -OCH3 is 1. The van der Waals surface area contributed by atoms with Gasteiger partial charge in [0.15, 0.2) is 0 Å². The van der Waals surface area contributed by atoms with Gasteiger partial charge in [-0.1, -0.05) is 0 Å². The van der Waals surface area contributed by atoms with E-state index in [1.165, 1.54) is 20.0 Å². The lowest BCUT2D eigenvalue weighted by Crippen LogP contribution is -2.24. The van der Waals surface area contributed by atoms with E-state index >= 15 is 0 Å². The minimum atomic E-state index is -0.0727. The number of hydrogen-bond donors (Lipinski definition) is 0. The van der Waals surface area contributed by atoms with Crippen LogP contribution in [0.1, 0.15) is 44.6 Å². The third-order valence-electron chi connectivity index (χ3n) is 5.28. The van der Waals surface area contributed by atoms with Gasteiger partial charge in [0.25, 0.3) is 0 Å². The minimum absolute atomic E-state index is 0.0543. The first-order valence-corrected chi connectivity index (χ1v) is 8.92. The molecule has 0 spiro atoms. The Balaban J connectivity index is 1.43. The smallest absolute Gasteiger partial charge is 0.308 e. The summed E-state index contributed by atoms with van der Waals surface area (Å²) < 4.78 is 12.8. The van der Waals surface area contributed by atoms with Crippen molar-refractivity contribution in [2.24, 2.45) is 11.8 Å². The van der Waals surface area contributed by atoms with Crippen LogP contribution in [0.15, 0.2) is 24.4 Å². The topological polar surface area (TPSA) is 53.4 Å². The second-order valence-electron chi connectivity index (χ2n) is 7.11. The molecular weight excluding hydrogens is 304 g/mol. The lowest BCUT2D eigenvalue weighted by atomic mass is 9.86. The van der Waals surface area contributed by atoms with E-state index in [0.717, 1.165) is 54.9 Å². The zero-order chi connectivity index (χ0) is 16.5. The van der Waals surface area contributed by atoms with E-state index in [9.17, 15) is 4.79 Å². The molecule has 2 aliphatic rings. The van der Waals surface area contributed by atoms with Crippen molar-refractivity contribution in [1.29, 1.82) is 0 Å². The third-order valence-corrected chi connectivity index (χ3v) is 5.28. The lowest BCUT2D eigenvalue weighted by Gasteiger charge is -2.26. The van der Waals surface area contributed by atoms with Crippen LogP contribution in [0, 0.1) is 11.8 Å².